The molecule has 2 rings (SSSR count). The van der Waals surface area contributed by atoms with Crippen LogP contribution in [0, 0.1) is 0 Å². The van der Waals surface area contributed by atoms with Crippen LogP contribution in [0.3, 0.4) is 0 Å². The second kappa shape index (κ2) is 4.18. The summed E-state index contributed by atoms with van der Waals surface area (Å²) in [6, 6.07) is 2.37. The molecule has 0 amide bonds. The molecule has 0 saturated carbocycles. The predicted octanol–water partition coefficient (Wildman–Crippen LogP) is 4.43. The van der Waals surface area contributed by atoms with Crippen LogP contribution in [0.4, 0.5) is 26.3 Å². The van der Waals surface area contributed by atoms with E-state index in [2.05, 4.69) is 0 Å². The Morgan fingerprint density at radius 2 is 1.68 bits per heavy atom. The van der Waals surface area contributed by atoms with E-state index in [0.717, 1.165) is 18.2 Å². The lowest BCUT2D eigenvalue weighted by atomic mass is 10.0. The molecule has 1 unspecified atom stereocenters. The molecule has 1 nitrogen and oxygen atoms in total. The first-order chi connectivity index (χ1) is 8.59. The molecule has 0 saturated heterocycles. The van der Waals surface area contributed by atoms with Crippen LogP contribution in [-0.2, 0) is 6.18 Å². The zero-order chi connectivity index (χ0) is 14.4. The van der Waals surface area contributed by atoms with Crippen molar-refractivity contribution in [3.63, 3.8) is 0 Å². The topological polar surface area (TPSA) is 9.23 Å². The van der Waals surface area contributed by atoms with Crippen molar-refractivity contribution in [2.24, 2.45) is 0 Å². The minimum Gasteiger partial charge on any atom is -0.476 e. The van der Waals surface area contributed by atoms with Crippen molar-refractivity contribution >= 4 is 6.08 Å². The van der Waals surface area contributed by atoms with Gasteiger partial charge in [-0.15, -0.1) is 0 Å². The Morgan fingerprint density at radius 3 is 2.21 bits per heavy atom. The van der Waals surface area contributed by atoms with Gasteiger partial charge in [0.25, 0.3) is 0 Å². The highest BCUT2D eigenvalue weighted by Crippen LogP contribution is 2.39. The number of ether oxygens (including phenoxy) is 1. The average Bonchev–Trinajstić information content (AvgIpc) is 2.24. The van der Waals surface area contributed by atoms with Gasteiger partial charge in [0.2, 0.25) is 6.10 Å². The van der Waals surface area contributed by atoms with E-state index in [0.29, 0.717) is 6.07 Å². The maximum absolute atomic E-state index is 12.6. The highest BCUT2D eigenvalue weighted by atomic mass is 19.4. The molecule has 7 heteroatoms. The second-order valence-electron chi connectivity index (χ2n) is 4.18. The highest BCUT2D eigenvalue weighted by Gasteiger charge is 2.44. The molecule has 0 spiro atoms. The molecule has 0 N–H and O–H groups in total. The van der Waals surface area contributed by atoms with E-state index in [9.17, 15) is 26.3 Å². The van der Waals surface area contributed by atoms with Gasteiger partial charge in [-0.05, 0) is 36.8 Å². The lowest BCUT2D eigenvalue weighted by Gasteiger charge is -2.27. The fraction of sp³-hybridized carbons (Fsp3) is 0.333. The molecule has 1 aromatic rings. The first kappa shape index (κ1) is 13.8. The summed E-state index contributed by atoms with van der Waals surface area (Å²) in [5.41, 5.74) is -1.11. The van der Waals surface area contributed by atoms with E-state index in [1.165, 1.54) is 6.92 Å². The largest absolute Gasteiger partial charge is 0.476 e. The van der Waals surface area contributed by atoms with Crippen molar-refractivity contribution in [1.82, 2.24) is 0 Å². The van der Waals surface area contributed by atoms with Gasteiger partial charge in [0.1, 0.15) is 5.75 Å². The summed E-state index contributed by atoms with van der Waals surface area (Å²) in [5, 5.41) is 0. The molecule has 1 heterocycles. The Morgan fingerprint density at radius 1 is 1.05 bits per heavy atom. The molecule has 19 heavy (non-hydrogen) atoms. The molecule has 0 aliphatic carbocycles. The summed E-state index contributed by atoms with van der Waals surface area (Å²) in [5.74, 6) is -0.207. The number of rotatable bonds is 0. The van der Waals surface area contributed by atoms with Gasteiger partial charge in [-0.3, -0.25) is 0 Å². The maximum atomic E-state index is 12.6. The van der Waals surface area contributed by atoms with Crippen molar-refractivity contribution in [3.05, 3.63) is 34.9 Å². The summed E-state index contributed by atoms with van der Waals surface area (Å²) < 4.78 is 80.0. The third kappa shape index (κ3) is 2.69. The van der Waals surface area contributed by atoms with Crippen LogP contribution in [0.15, 0.2) is 23.8 Å². The van der Waals surface area contributed by atoms with Crippen LogP contribution in [-0.4, -0.2) is 12.3 Å². The minimum atomic E-state index is -4.60. The van der Waals surface area contributed by atoms with Gasteiger partial charge in [-0.2, -0.15) is 26.3 Å². The zero-order valence-corrected chi connectivity index (χ0v) is 9.56. The van der Waals surface area contributed by atoms with E-state index in [1.54, 1.807) is 0 Å². The van der Waals surface area contributed by atoms with Gasteiger partial charge < -0.3 is 4.74 Å². The summed E-state index contributed by atoms with van der Waals surface area (Å²) in [4.78, 5) is 0. The fourth-order valence-corrected chi connectivity index (χ4v) is 1.81. The molecule has 104 valence electrons. The number of fused-ring (bicyclic) bond motifs is 1. The standard InChI is InChI=1S/C12H8F6O/c1-6-4-7-5-8(11(13,14)15)2-3-9(7)19-10(6)12(16,17)18/h2-5,10H,1H3. The van der Waals surface area contributed by atoms with Crippen molar-refractivity contribution < 1.29 is 31.1 Å². The fourth-order valence-electron chi connectivity index (χ4n) is 1.81. The molecule has 0 aromatic heterocycles. The Kier molecular flexibility index (Phi) is 3.03. The van der Waals surface area contributed by atoms with Crippen LogP contribution >= 0.6 is 0 Å². The average molecular weight is 282 g/mol. The first-order valence-corrected chi connectivity index (χ1v) is 5.22. The molecule has 0 radical (unpaired) electrons. The minimum absolute atomic E-state index is 0.00664. The number of alkyl halides is 6. The molecule has 1 aromatic carbocycles. The third-order valence-electron chi connectivity index (χ3n) is 2.68. The van der Waals surface area contributed by atoms with E-state index in [-0.39, 0.29) is 16.9 Å². The Balaban J connectivity index is 2.43. The Bertz CT molecular complexity index is 526. The van der Waals surface area contributed by atoms with Crippen molar-refractivity contribution in [2.75, 3.05) is 0 Å². The van der Waals surface area contributed by atoms with E-state index >= 15 is 0 Å². The molecule has 1 aliphatic heterocycles. The smallest absolute Gasteiger partial charge is 0.429 e. The normalized spacial score (nSPS) is 19.5. The van der Waals surface area contributed by atoms with Crippen LogP contribution in [0.2, 0.25) is 0 Å². The summed E-state index contributed by atoms with van der Waals surface area (Å²) in [6.45, 7) is 1.17. The van der Waals surface area contributed by atoms with Gasteiger partial charge in [0.15, 0.2) is 0 Å². The van der Waals surface area contributed by atoms with E-state index in [4.69, 9.17) is 4.74 Å². The molecular formula is C12H8F6O. The lowest BCUT2D eigenvalue weighted by Crippen LogP contribution is -2.37. The molecule has 1 atom stereocenters. The summed E-state index contributed by atoms with van der Waals surface area (Å²) in [7, 11) is 0. The van der Waals surface area contributed by atoms with Crippen molar-refractivity contribution in [2.45, 2.75) is 25.4 Å². The second-order valence-corrected chi connectivity index (χ2v) is 4.18. The number of halogens is 6. The molecule has 0 fully saturated rings. The molecule has 1 aliphatic rings. The van der Waals surface area contributed by atoms with Gasteiger partial charge in [0, 0.05) is 5.56 Å². The van der Waals surface area contributed by atoms with Crippen LogP contribution in [0.25, 0.3) is 6.08 Å². The lowest BCUT2D eigenvalue weighted by molar-refractivity contribution is -0.183. The van der Waals surface area contributed by atoms with E-state index < -0.39 is 24.0 Å². The summed E-state index contributed by atoms with van der Waals surface area (Å²) >= 11 is 0. The number of hydrogen-bond acceptors (Lipinski definition) is 1. The Hall–Kier alpha value is -1.66. The first-order valence-electron chi connectivity index (χ1n) is 5.22. The quantitative estimate of drug-likeness (QED) is 0.639. The monoisotopic (exact) mass is 282 g/mol. The van der Waals surface area contributed by atoms with Gasteiger partial charge in [-0.1, -0.05) is 0 Å². The van der Waals surface area contributed by atoms with Crippen molar-refractivity contribution in [1.29, 1.82) is 0 Å². The SMILES string of the molecule is CC1=Cc2cc(C(F)(F)F)ccc2OC1C(F)(F)F. The van der Waals surface area contributed by atoms with Crippen LogP contribution in [0.1, 0.15) is 18.1 Å². The highest BCUT2D eigenvalue weighted by molar-refractivity contribution is 5.64. The van der Waals surface area contributed by atoms with Gasteiger partial charge in [0.05, 0.1) is 5.56 Å². The third-order valence-corrected chi connectivity index (χ3v) is 2.68. The van der Waals surface area contributed by atoms with Crippen LogP contribution in [0.5, 0.6) is 5.75 Å². The summed E-state index contributed by atoms with van der Waals surface area (Å²) in [6.07, 6.45) is -10.2. The maximum Gasteiger partial charge on any atom is 0.429 e. The Labute approximate surface area is 104 Å². The van der Waals surface area contributed by atoms with Gasteiger partial charge >= 0.3 is 12.4 Å². The van der Waals surface area contributed by atoms with Crippen molar-refractivity contribution in [3.8, 4) is 5.75 Å². The van der Waals surface area contributed by atoms with Gasteiger partial charge in [-0.25, -0.2) is 0 Å². The van der Waals surface area contributed by atoms with Crippen LogP contribution < -0.4 is 4.74 Å². The number of benzene rings is 1. The zero-order valence-electron chi connectivity index (χ0n) is 9.56. The number of hydrogen-bond donors (Lipinski definition) is 0. The predicted molar refractivity (Wildman–Crippen MR) is 55.6 cm³/mol. The van der Waals surface area contributed by atoms with E-state index in [1.807, 2.05) is 0 Å². The molecule has 0 bridgehead atoms. The molecular weight excluding hydrogens is 274 g/mol.